The van der Waals surface area contributed by atoms with Gasteiger partial charge in [-0.15, -0.1) is 5.10 Å². The number of rotatable bonds is 6. The number of nitrogens with zero attached hydrogens (tertiary/aromatic N) is 6. The van der Waals surface area contributed by atoms with Gasteiger partial charge >= 0.3 is 0 Å². The molecule has 0 saturated carbocycles. The van der Waals surface area contributed by atoms with Crippen molar-refractivity contribution in [1.82, 2.24) is 30.0 Å². The summed E-state index contributed by atoms with van der Waals surface area (Å²) in [6, 6.07) is 5.75. The number of hydrogen-bond donors (Lipinski definition) is 0. The van der Waals surface area contributed by atoms with Gasteiger partial charge in [0.25, 0.3) is 0 Å². The van der Waals surface area contributed by atoms with E-state index in [0.29, 0.717) is 24.7 Å². The van der Waals surface area contributed by atoms with E-state index in [2.05, 4.69) is 15.5 Å². The number of benzene rings is 1. The minimum Gasteiger partial charge on any atom is -0.345 e. The molecule has 1 aliphatic rings. The number of likely N-dealkylation sites (N-methyl/N-ethyl adjacent to an activating group) is 1. The van der Waals surface area contributed by atoms with Crippen LogP contribution in [0.2, 0.25) is 5.02 Å². The van der Waals surface area contributed by atoms with Gasteiger partial charge in [-0.3, -0.25) is 9.59 Å². The minimum atomic E-state index is -0.852. The van der Waals surface area contributed by atoms with E-state index in [0.717, 1.165) is 24.0 Å². The maximum atomic E-state index is 13.1. The van der Waals surface area contributed by atoms with Crippen LogP contribution in [0.25, 0.3) is 0 Å². The molecular weight excluding hydrogens is 404 g/mol. The Morgan fingerprint density at radius 3 is 2.77 bits per heavy atom. The van der Waals surface area contributed by atoms with Crippen molar-refractivity contribution in [1.29, 1.82) is 0 Å². The Bertz CT molecular complexity index is 899. The van der Waals surface area contributed by atoms with Crippen LogP contribution in [-0.4, -0.2) is 68.5 Å². The molecular formula is C21H29ClN6O2. The van der Waals surface area contributed by atoms with Gasteiger partial charge in [0.15, 0.2) is 0 Å². The van der Waals surface area contributed by atoms with Gasteiger partial charge in [0.2, 0.25) is 11.8 Å². The number of aromatic nitrogens is 4. The Labute approximate surface area is 182 Å². The van der Waals surface area contributed by atoms with Gasteiger partial charge in [-0.2, -0.15) is 0 Å². The monoisotopic (exact) mass is 432 g/mol. The van der Waals surface area contributed by atoms with Gasteiger partial charge in [0.05, 0.1) is 6.42 Å². The number of carbonyl (C=O) groups is 2. The van der Waals surface area contributed by atoms with E-state index >= 15 is 0 Å². The summed E-state index contributed by atoms with van der Waals surface area (Å²) >= 11 is 6.28. The first-order chi connectivity index (χ1) is 14.2. The number of aryl methyl sites for hydroxylation is 1. The van der Waals surface area contributed by atoms with Crippen LogP contribution in [0.1, 0.15) is 37.8 Å². The molecule has 0 aliphatic carbocycles. The average molecular weight is 433 g/mol. The van der Waals surface area contributed by atoms with Crippen molar-refractivity contribution in [3.05, 3.63) is 40.7 Å². The highest BCUT2D eigenvalue weighted by atomic mass is 35.5. The molecule has 2 aromatic rings. The molecule has 0 N–H and O–H groups in total. The van der Waals surface area contributed by atoms with E-state index in [-0.39, 0.29) is 24.2 Å². The number of likely N-dealkylation sites (tertiary alicyclic amines) is 1. The van der Waals surface area contributed by atoms with Crippen molar-refractivity contribution in [3.63, 3.8) is 0 Å². The highest BCUT2D eigenvalue weighted by Gasteiger charge is 2.37. The van der Waals surface area contributed by atoms with E-state index in [1.807, 2.05) is 50.9 Å². The molecule has 8 nitrogen and oxygen atoms in total. The van der Waals surface area contributed by atoms with E-state index in [4.69, 9.17) is 11.6 Å². The van der Waals surface area contributed by atoms with Crippen LogP contribution >= 0.6 is 11.6 Å². The first-order valence-corrected chi connectivity index (χ1v) is 10.6. The highest BCUT2D eigenvalue weighted by Crippen LogP contribution is 2.24. The van der Waals surface area contributed by atoms with Crippen molar-refractivity contribution >= 4 is 23.4 Å². The summed E-state index contributed by atoms with van der Waals surface area (Å²) in [4.78, 5) is 29.4. The van der Waals surface area contributed by atoms with Crippen molar-refractivity contribution < 1.29 is 9.59 Å². The smallest absolute Gasteiger partial charge is 0.250 e. The van der Waals surface area contributed by atoms with E-state index in [1.54, 1.807) is 4.90 Å². The molecule has 0 spiro atoms. The Morgan fingerprint density at radius 1 is 1.33 bits per heavy atom. The van der Waals surface area contributed by atoms with Gasteiger partial charge in [-0.25, -0.2) is 4.68 Å². The van der Waals surface area contributed by atoms with Crippen LogP contribution in [0.5, 0.6) is 0 Å². The zero-order valence-electron chi connectivity index (χ0n) is 18.0. The minimum absolute atomic E-state index is 0.0140. The van der Waals surface area contributed by atoms with Gasteiger partial charge in [0, 0.05) is 31.7 Å². The lowest BCUT2D eigenvalue weighted by atomic mass is 9.94. The zero-order chi connectivity index (χ0) is 21.9. The molecule has 1 atom stereocenters. The van der Waals surface area contributed by atoms with Crippen LogP contribution in [0.15, 0.2) is 24.5 Å². The van der Waals surface area contributed by atoms with Crippen LogP contribution < -0.4 is 0 Å². The number of piperidine rings is 1. The molecule has 1 unspecified atom stereocenters. The molecule has 1 fully saturated rings. The summed E-state index contributed by atoms with van der Waals surface area (Å²) in [5.74, 6) is 0.243. The molecule has 3 rings (SSSR count). The van der Waals surface area contributed by atoms with Gasteiger partial charge < -0.3 is 9.80 Å². The second kappa shape index (κ2) is 9.12. The summed E-state index contributed by atoms with van der Waals surface area (Å²) in [5, 5.41) is 11.8. The predicted octanol–water partition coefficient (Wildman–Crippen LogP) is 2.31. The molecule has 0 bridgehead atoms. The molecule has 2 amide bonds. The van der Waals surface area contributed by atoms with Crippen LogP contribution in [0.3, 0.4) is 0 Å². The summed E-state index contributed by atoms with van der Waals surface area (Å²) < 4.78 is 1.49. The van der Waals surface area contributed by atoms with Crippen molar-refractivity contribution in [3.8, 4) is 0 Å². The van der Waals surface area contributed by atoms with Crippen molar-refractivity contribution in [2.75, 3.05) is 26.7 Å². The second-order valence-electron chi connectivity index (χ2n) is 8.62. The Balaban J connectivity index is 1.58. The molecule has 2 heterocycles. The van der Waals surface area contributed by atoms with Gasteiger partial charge in [-0.1, -0.05) is 23.7 Å². The van der Waals surface area contributed by atoms with E-state index in [9.17, 15) is 9.59 Å². The quantitative estimate of drug-likeness (QED) is 0.699. The zero-order valence-corrected chi connectivity index (χ0v) is 18.8. The lowest BCUT2D eigenvalue weighted by Crippen LogP contribution is -2.52. The maximum absolute atomic E-state index is 13.1. The van der Waals surface area contributed by atoms with Crippen LogP contribution in [-0.2, 0) is 21.5 Å². The normalized spacial score (nSPS) is 17.1. The van der Waals surface area contributed by atoms with Gasteiger partial charge in [0.1, 0.15) is 11.9 Å². The fourth-order valence-corrected chi connectivity index (χ4v) is 4.19. The standard InChI is InChI=1S/C21H29ClN6O2/c1-15-7-8-17(18(22)10-15)11-19(29)26(4)12-16-6-5-9-27(13-16)20(30)21(2,3)28-14-23-24-25-28/h7-8,10,14,16H,5-6,9,11-13H2,1-4H3. The Kier molecular flexibility index (Phi) is 6.75. The molecule has 1 aromatic heterocycles. The van der Waals surface area contributed by atoms with Gasteiger partial charge in [-0.05, 0) is 67.2 Å². The number of amides is 2. The molecule has 30 heavy (non-hydrogen) atoms. The maximum Gasteiger partial charge on any atom is 0.250 e. The Hall–Kier alpha value is -2.48. The van der Waals surface area contributed by atoms with Crippen LogP contribution in [0, 0.1) is 12.8 Å². The summed E-state index contributed by atoms with van der Waals surface area (Å²) in [7, 11) is 1.82. The second-order valence-corrected chi connectivity index (χ2v) is 9.03. The highest BCUT2D eigenvalue weighted by molar-refractivity contribution is 6.31. The largest absolute Gasteiger partial charge is 0.345 e. The third-order valence-corrected chi connectivity index (χ3v) is 6.11. The van der Waals surface area contributed by atoms with E-state index < -0.39 is 5.54 Å². The summed E-state index contributed by atoms with van der Waals surface area (Å²) in [6.45, 7) is 7.54. The average Bonchev–Trinajstić information content (AvgIpc) is 3.25. The van der Waals surface area contributed by atoms with E-state index in [1.165, 1.54) is 11.0 Å². The number of tetrazole rings is 1. The summed E-state index contributed by atoms with van der Waals surface area (Å²) in [6.07, 6.45) is 3.63. The fourth-order valence-electron chi connectivity index (χ4n) is 3.88. The van der Waals surface area contributed by atoms with Crippen molar-refractivity contribution in [2.24, 2.45) is 5.92 Å². The molecule has 1 aliphatic heterocycles. The molecule has 0 radical (unpaired) electrons. The van der Waals surface area contributed by atoms with Crippen LogP contribution in [0.4, 0.5) is 0 Å². The first kappa shape index (κ1) is 22.2. The number of hydrogen-bond acceptors (Lipinski definition) is 5. The predicted molar refractivity (Wildman–Crippen MR) is 114 cm³/mol. The third kappa shape index (κ3) is 4.98. The first-order valence-electron chi connectivity index (χ1n) is 10.2. The number of carbonyl (C=O) groups excluding carboxylic acids is 2. The molecule has 9 heteroatoms. The lowest BCUT2D eigenvalue weighted by molar-refractivity contribution is -0.142. The lowest BCUT2D eigenvalue weighted by Gasteiger charge is -2.38. The molecule has 162 valence electrons. The third-order valence-electron chi connectivity index (χ3n) is 5.76. The molecule has 1 aromatic carbocycles. The topological polar surface area (TPSA) is 84.2 Å². The fraction of sp³-hybridized carbons (Fsp3) is 0.571. The summed E-state index contributed by atoms with van der Waals surface area (Å²) in [5.41, 5.74) is 1.05. The number of halogens is 1. The molecule has 1 saturated heterocycles. The van der Waals surface area contributed by atoms with Crippen molar-refractivity contribution in [2.45, 2.75) is 45.6 Å². The Morgan fingerprint density at radius 2 is 2.10 bits per heavy atom. The SMILES string of the molecule is Cc1ccc(CC(=O)N(C)CC2CCCN(C(=O)C(C)(C)n3cnnn3)C2)c(Cl)c1.